The molecule has 0 fully saturated rings. The molecule has 0 atom stereocenters. The van der Waals surface area contributed by atoms with Gasteiger partial charge in [-0.15, -0.1) is 0 Å². The number of methoxy groups -OCH3 is 1. The van der Waals surface area contributed by atoms with Gasteiger partial charge in [-0.05, 0) is 29.3 Å². The molecule has 0 saturated carbocycles. The van der Waals surface area contributed by atoms with Crippen molar-refractivity contribution in [3.05, 3.63) is 65.0 Å². The number of nitrogens with zero attached hydrogens (tertiary/aromatic N) is 2. The molecule has 3 nitrogen and oxygen atoms in total. The molecule has 0 aliphatic carbocycles. The molecule has 110 valence electrons. The summed E-state index contributed by atoms with van der Waals surface area (Å²) in [6, 6.07) is 17.3. The predicted octanol–water partition coefficient (Wildman–Crippen LogP) is 5.13. The van der Waals surface area contributed by atoms with E-state index >= 15 is 0 Å². The van der Waals surface area contributed by atoms with E-state index in [-0.39, 0.29) is 5.28 Å². The van der Waals surface area contributed by atoms with Crippen LogP contribution in [0, 0.1) is 0 Å². The van der Waals surface area contributed by atoms with Crippen molar-refractivity contribution in [2.24, 2.45) is 0 Å². The Morgan fingerprint density at radius 1 is 0.818 bits per heavy atom. The highest BCUT2D eigenvalue weighted by Gasteiger charge is 2.16. The predicted molar refractivity (Wildman–Crippen MR) is 89.5 cm³/mol. The Kier molecular flexibility index (Phi) is 4.27. The molecule has 0 amide bonds. The summed E-state index contributed by atoms with van der Waals surface area (Å²) in [6.07, 6.45) is 0. The molecule has 0 aliphatic heterocycles. The maximum Gasteiger partial charge on any atom is 0.224 e. The van der Waals surface area contributed by atoms with E-state index in [2.05, 4.69) is 9.97 Å². The van der Waals surface area contributed by atoms with Gasteiger partial charge in [0.2, 0.25) is 5.28 Å². The lowest BCUT2D eigenvalue weighted by molar-refractivity contribution is 0.415. The van der Waals surface area contributed by atoms with Gasteiger partial charge in [0.25, 0.3) is 0 Å². The fourth-order valence-corrected chi connectivity index (χ4v) is 2.72. The van der Waals surface area contributed by atoms with E-state index < -0.39 is 0 Å². The molecule has 3 rings (SSSR count). The van der Waals surface area contributed by atoms with Crippen LogP contribution in [0.2, 0.25) is 10.4 Å². The molecule has 2 aromatic carbocycles. The van der Waals surface area contributed by atoms with Gasteiger partial charge in [-0.3, -0.25) is 0 Å². The Morgan fingerprint density at radius 2 is 1.50 bits per heavy atom. The number of benzene rings is 2. The zero-order valence-corrected chi connectivity index (χ0v) is 13.3. The lowest BCUT2D eigenvalue weighted by atomic mass is 10.0. The first-order valence-corrected chi connectivity index (χ1v) is 7.37. The lowest BCUT2D eigenvalue weighted by Crippen LogP contribution is -1.95. The van der Waals surface area contributed by atoms with Crippen molar-refractivity contribution in [3.63, 3.8) is 0 Å². The van der Waals surface area contributed by atoms with Crippen LogP contribution < -0.4 is 4.74 Å². The highest BCUT2D eigenvalue weighted by Crippen LogP contribution is 2.36. The Hall–Kier alpha value is -2.10. The molecule has 0 radical (unpaired) electrons. The molecule has 0 spiro atoms. The van der Waals surface area contributed by atoms with Gasteiger partial charge in [-0.1, -0.05) is 54.1 Å². The zero-order valence-electron chi connectivity index (χ0n) is 11.8. The topological polar surface area (TPSA) is 35.0 Å². The molecule has 0 saturated heterocycles. The van der Waals surface area contributed by atoms with Crippen LogP contribution in [-0.4, -0.2) is 17.1 Å². The maximum absolute atomic E-state index is 6.33. The third kappa shape index (κ3) is 2.91. The van der Waals surface area contributed by atoms with E-state index in [9.17, 15) is 0 Å². The van der Waals surface area contributed by atoms with Crippen molar-refractivity contribution in [3.8, 4) is 28.1 Å². The third-order valence-electron chi connectivity index (χ3n) is 3.26. The van der Waals surface area contributed by atoms with Crippen LogP contribution in [0.5, 0.6) is 5.75 Å². The van der Waals surface area contributed by atoms with E-state index in [0.717, 1.165) is 22.4 Å². The number of hydrogen-bond acceptors (Lipinski definition) is 3. The lowest BCUT2D eigenvalue weighted by Gasteiger charge is -2.11. The van der Waals surface area contributed by atoms with Gasteiger partial charge in [0, 0.05) is 11.1 Å². The summed E-state index contributed by atoms with van der Waals surface area (Å²) in [5.41, 5.74) is 3.29. The van der Waals surface area contributed by atoms with Crippen LogP contribution in [-0.2, 0) is 0 Å². The van der Waals surface area contributed by atoms with Crippen molar-refractivity contribution in [1.82, 2.24) is 9.97 Å². The molecule has 0 bridgehead atoms. The summed E-state index contributed by atoms with van der Waals surface area (Å²) in [5.74, 6) is 0.774. The molecule has 22 heavy (non-hydrogen) atoms. The van der Waals surface area contributed by atoms with Gasteiger partial charge in [-0.2, -0.15) is 0 Å². The minimum absolute atomic E-state index is 0.126. The van der Waals surface area contributed by atoms with E-state index in [1.54, 1.807) is 7.11 Å². The first-order chi connectivity index (χ1) is 10.7. The van der Waals surface area contributed by atoms with Gasteiger partial charge in [-0.25, -0.2) is 9.97 Å². The highest BCUT2D eigenvalue weighted by molar-refractivity contribution is 6.34. The average Bonchev–Trinajstić information content (AvgIpc) is 2.55. The molecular formula is C17H12Cl2N2O. The minimum Gasteiger partial charge on any atom is -0.497 e. The van der Waals surface area contributed by atoms with Crippen LogP contribution in [0.4, 0.5) is 0 Å². The maximum atomic E-state index is 6.33. The second-order valence-electron chi connectivity index (χ2n) is 4.60. The second kappa shape index (κ2) is 6.34. The molecule has 0 aliphatic rings. The van der Waals surface area contributed by atoms with Gasteiger partial charge < -0.3 is 4.74 Å². The molecular weight excluding hydrogens is 319 g/mol. The van der Waals surface area contributed by atoms with Crippen LogP contribution in [0.1, 0.15) is 0 Å². The molecule has 0 unspecified atom stereocenters. The van der Waals surface area contributed by atoms with E-state index in [1.165, 1.54) is 0 Å². The first kappa shape index (κ1) is 14.8. The molecule has 1 aromatic heterocycles. The van der Waals surface area contributed by atoms with Crippen LogP contribution >= 0.6 is 23.2 Å². The quantitative estimate of drug-likeness (QED) is 0.493. The summed E-state index contributed by atoms with van der Waals surface area (Å²) in [5, 5.41) is 0.449. The van der Waals surface area contributed by atoms with Gasteiger partial charge in [0.15, 0.2) is 0 Å². The fourth-order valence-electron chi connectivity index (χ4n) is 2.23. The smallest absolute Gasteiger partial charge is 0.224 e. The molecule has 5 heteroatoms. The third-order valence-corrected chi connectivity index (χ3v) is 3.71. The average molecular weight is 331 g/mol. The van der Waals surface area contributed by atoms with Crippen molar-refractivity contribution in [1.29, 1.82) is 0 Å². The summed E-state index contributed by atoms with van der Waals surface area (Å²) >= 11 is 12.3. The molecule has 0 N–H and O–H groups in total. The van der Waals surface area contributed by atoms with Crippen molar-refractivity contribution in [2.75, 3.05) is 7.11 Å². The highest BCUT2D eigenvalue weighted by atomic mass is 35.5. The van der Waals surface area contributed by atoms with Crippen LogP contribution in [0.15, 0.2) is 54.6 Å². The fraction of sp³-hybridized carbons (Fsp3) is 0.0588. The summed E-state index contributed by atoms with van der Waals surface area (Å²) < 4.78 is 5.18. The summed E-state index contributed by atoms with van der Waals surface area (Å²) in [6.45, 7) is 0. The number of rotatable bonds is 3. The minimum atomic E-state index is 0.126. The normalized spacial score (nSPS) is 10.5. The number of aromatic nitrogens is 2. The number of hydrogen-bond donors (Lipinski definition) is 0. The Bertz CT molecular complexity index is 790. The first-order valence-electron chi connectivity index (χ1n) is 6.62. The van der Waals surface area contributed by atoms with Gasteiger partial charge in [0.05, 0.1) is 12.8 Å². The number of halogens is 2. The monoisotopic (exact) mass is 330 g/mol. The van der Waals surface area contributed by atoms with Gasteiger partial charge >= 0.3 is 0 Å². The van der Waals surface area contributed by atoms with Crippen LogP contribution in [0.25, 0.3) is 22.4 Å². The zero-order chi connectivity index (χ0) is 15.5. The SMILES string of the molecule is COc1ccc(-c2c(Cl)nc(Cl)nc2-c2ccccc2)cc1. The van der Waals surface area contributed by atoms with Crippen molar-refractivity contribution >= 4 is 23.2 Å². The van der Waals surface area contributed by atoms with Crippen LogP contribution in [0.3, 0.4) is 0 Å². The Balaban J connectivity index is 2.21. The molecule has 3 aromatic rings. The summed E-state index contributed by atoms with van der Waals surface area (Å²) in [7, 11) is 1.63. The Labute approximate surface area is 138 Å². The van der Waals surface area contributed by atoms with Crippen molar-refractivity contribution in [2.45, 2.75) is 0 Å². The number of ether oxygens (including phenoxy) is 1. The van der Waals surface area contributed by atoms with Gasteiger partial charge in [0.1, 0.15) is 10.9 Å². The standard InChI is InChI=1S/C17H12Cl2N2O/c1-22-13-9-7-11(8-10-13)14-15(12-5-3-2-4-6-12)20-17(19)21-16(14)18/h2-10H,1H3. The van der Waals surface area contributed by atoms with E-state index in [4.69, 9.17) is 27.9 Å². The largest absolute Gasteiger partial charge is 0.497 e. The summed E-state index contributed by atoms with van der Waals surface area (Å²) in [4.78, 5) is 8.43. The second-order valence-corrected chi connectivity index (χ2v) is 5.30. The van der Waals surface area contributed by atoms with Crippen molar-refractivity contribution < 1.29 is 4.74 Å². The Morgan fingerprint density at radius 3 is 2.14 bits per heavy atom. The molecule has 1 heterocycles. The van der Waals surface area contributed by atoms with E-state index in [0.29, 0.717) is 10.8 Å². The van der Waals surface area contributed by atoms with E-state index in [1.807, 2.05) is 54.6 Å².